The molecule has 0 spiro atoms. The fourth-order valence-corrected chi connectivity index (χ4v) is 1.12. The molecule has 1 rings (SSSR count). The molecule has 0 fully saturated rings. The van der Waals surface area contributed by atoms with E-state index < -0.39 is 11.1 Å². The van der Waals surface area contributed by atoms with Crippen LogP contribution in [0.1, 0.15) is 6.92 Å². The van der Waals surface area contributed by atoms with E-state index >= 15 is 0 Å². The number of nitro groups is 1. The average molecular weight is 184 g/mol. The van der Waals surface area contributed by atoms with E-state index in [1.807, 2.05) is 6.92 Å². The third-order valence-electron chi connectivity index (χ3n) is 1.89. The molecule has 13 heavy (non-hydrogen) atoms. The van der Waals surface area contributed by atoms with E-state index in [2.05, 4.69) is 0 Å². The van der Waals surface area contributed by atoms with E-state index in [1.165, 1.54) is 12.3 Å². The highest BCUT2D eigenvalue weighted by atomic mass is 16.6. The molecule has 0 aromatic carbocycles. The normalized spacial score (nSPS) is 22.3. The van der Waals surface area contributed by atoms with Crippen molar-refractivity contribution in [2.75, 3.05) is 6.54 Å². The van der Waals surface area contributed by atoms with Crippen molar-refractivity contribution in [3.8, 4) is 0 Å². The molecular formula is C7H12N4O2. The topological polar surface area (TPSA) is 98.4 Å². The van der Waals surface area contributed by atoms with Crippen LogP contribution in [0.5, 0.6) is 0 Å². The van der Waals surface area contributed by atoms with Gasteiger partial charge in [-0.15, -0.1) is 0 Å². The summed E-state index contributed by atoms with van der Waals surface area (Å²) < 4.78 is 0. The second kappa shape index (κ2) is 3.44. The maximum absolute atomic E-state index is 10.4. The van der Waals surface area contributed by atoms with E-state index in [9.17, 15) is 10.1 Å². The summed E-state index contributed by atoms with van der Waals surface area (Å²) in [6, 6.07) is 0. The Morgan fingerprint density at radius 2 is 2.38 bits per heavy atom. The molecule has 0 bridgehead atoms. The first-order valence-electron chi connectivity index (χ1n) is 3.91. The minimum atomic E-state index is -0.485. The third-order valence-corrected chi connectivity index (χ3v) is 1.89. The lowest BCUT2D eigenvalue weighted by Crippen LogP contribution is -2.44. The van der Waals surface area contributed by atoms with E-state index in [0.29, 0.717) is 12.2 Å². The van der Waals surface area contributed by atoms with Crippen LogP contribution in [0, 0.1) is 10.1 Å². The van der Waals surface area contributed by atoms with Crippen molar-refractivity contribution in [1.29, 1.82) is 0 Å². The molecule has 0 radical (unpaired) electrons. The van der Waals surface area contributed by atoms with Gasteiger partial charge >= 0.3 is 0 Å². The van der Waals surface area contributed by atoms with Crippen LogP contribution >= 0.6 is 0 Å². The molecule has 1 aliphatic heterocycles. The number of nitrogens with two attached hydrogens (primary N) is 2. The van der Waals surface area contributed by atoms with Crippen LogP contribution < -0.4 is 11.5 Å². The molecule has 72 valence electrons. The van der Waals surface area contributed by atoms with Crippen LogP contribution in [-0.2, 0) is 0 Å². The van der Waals surface area contributed by atoms with Gasteiger partial charge in [0.15, 0.2) is 0 Å². The molecule has 4 N–H and O–H groups in total. The summed E-state index contributed by atoms with van der Waals surface area (Å²) in [5.74, 6) is 0. The van der Waals surface area contributed by atoms with Gasteiger partial charge in [0.05, 0.1) is 16.8 Å². The van der Waals surface area contributed by atoms with Crippen molar-refractivity contribution < 1.29 is 4.92 Å². The summed E-state index contributed by atoms with van der Waals surface area (Å²) in [7, 11) is 0. The van der Waals surface area contributed by atoms with Gasteiger partial charge < -0.3 is 16.4 Å². The number of hydrogen-bond donors (Lipinski definition) is 2. The average Bonchev–Trinajstić information content (AvgIpc) is 2.09. The predicted octanol–water partition coefficient (Wildman–Crippen LogP) is -0.433. The lowest BCUT2D eigenvalue weighted by atomic mass is 10.2. The number of hydrogen-bond acceptors (Lipinski definition) is 5. The highest BCUT2D eigenvalue weighted by Crippen LogP contribution is 2.13. The summed E-state index contributed by atoms with van der Waals surface area (Å²) in [6.45, 7) is 2.44. The molecule has 0 saturated heterocycles. The minimum absolute atomic E-state index is 0.0268. The maximum atomic E-state index is 10.4. The molecule has 6 heteroatoms. The Kier molecular flexibility index (Phi) is 2.52. The van der Waals surface area contributed by atoms with Gasteiger partial charge in [-0.3, -0.25) is 10.1 Å². The van der Waals surface area contributed by atoms with Crippen LogP contribution in [0.4, 0.5) is 0 Å². The fourth-order valence-electron chi connectivity index (χ4n) is 1.12. The molecule has 0 saturated carbocycles. The number of allylic oxidation sites excluding steroid dienone is 1. The summed E-state index contributed by atoms with van der Waals surface area (Å²) in [5, 5.41) is 10.4. The van der Waals surface area contributed by atoms with Crippen LogP contribution in [-0.4, -0.2) is 22.5 Å². The summed E-state index contributed by atoms with van der Waals surface area (Å²) >= 11 is 0. The standard InChI is InChI=1S/C7H12N4O2/c1-2-10-4-5(11(12)13)3-6(8)7(10)9/h3-4,7H,2,8-9H2,1H3. The fraction of sp³-hybridized carbons (Fsp3) is 0.429. The Morgan fingerprint density at radius 1 is 1.77 bits per heavy atom. The van der Waals surface area contributed by atoms with Crippen LogP contribution in [0.2, 0.25) is 0 Å². The zero-order valence-electron chi connectivity index (χ0n) is 7.30. The van der Waals surface area contributed by atoms with Crippen LogP contribution in [0.25, 0.3) is 0 Å². The summed E-state index contributed by atoms with van der Waals surface area (Å²) in [6.07, 6.45) is 2.24. The third kappa shape index (κ3) is 1.78. The Labute approximate surface area is 75.6 Å². The summed E-state index contributed by atoms with van der Waals surface area (Å²) in [4.78, 5) is 11.6. The summed E-state index contributed by atoms with van der Waals surface area (Å²) in [5.41, 5.74) is 11.5. The second-order valence-electron chi connectivity index (χ2n) is 2.73. The van der Waals surface area contributed by atoms with Gasteiger partial charge in [0.2, 0.25) is 0 Å². The molecule has 1 atom stereocenters. The van der Waals surface area contributed by atoms with Crippen LogP contribution in [0.15, 0.2) is 23.7 Å². The zero-order chi connectivity index (χ0) is 10.0. The van der Waals surface area contributed by atoms with Crippen molar-refractivity contribution >= 4 is 0 Å². The molecule has 0 amide bonds. The Balaban J connectivity index is 2.95. The molecule has 1 heterocycles. The molecular weight excluding hydrogens is 172 g/mol. The second-order valence-corrected chi connectivity index (χ2v) is 2.73. The van der Waals surface area contributed by atoms with Gasteiger partial charge in [-0.05, 0) is 6.92 Å². The Hall–Kier alpha value is -1.56. The van der Waals surface area contributed by atoms with Crippen molar-refractivity contribution in [3.05, 3.63) is 33.8 Å². The monoisotopic (exact) mass is 184 g/mol. The van der Waals surface area contributed by atoms with Crippen molar-refractivity contribution in [1.82, 2.24) is 4.90 Å². The van der Waals surface area contributed by atoms with Crippen molar-refractivity contribution in [3.63, 3.8) is 0 Å². The first-order valence-corrected chi connectivity index (χ1v) is 3.91. The Morgan fingerprint density at radius 3 is 2.85 bits per heavy atom. The van der Waals surface area contributed by atoms with E-state index in [4.69, 9.17) is 11.5 Å². The smallest absolute Gasteiger partial charge is 0.287 e. The van der Waals surface area contributed by atoms with Gasteiger partial charge in [-0.25, -0.2) is 0 Å². The lowest BCUT2D eigenvalue weighted by molar-refractivity contribution is -0.420. The van der Waals surface area contributed by atoms with Gasteiger partial charge in [-0.1, -0.05) is 0 Å². The van der Waals surface area contributed by atoms with Gasteiger partial charge in [0.25, 0.3) is 5.70 Å². The largest absolute Gasteiger partial charge is 0.399 e. The van der Waals surface area contributed by atoms with Gasteiger partial charge in [0.1, 0.15) is 6.17 Å². The molecule has 0 aromatic heterocycles. The number of nitrogens with zero attached hydrogens (tertiary/aromatic N) is 2. The molecule has 0 aromatic rings. The van der Waals surface area contributed by atoms with E-state index in [0.717, 1.165) is 0 Å². The van der Waals surface area contributed by atoms with E-state index in [-0.39, 0.29) is 5.70 Å². The maximum Gasteiger partial charge on any atom is 0.287 e. The van der Waals surface area contributed by atoms with Gasteiger partial charge in [-0.2, -0.15) is 0 Å². The van der Waals surface area contributed by atoms with Crippen molar-refractivity contribution in [2.24, 2.45) is 11.5 Å². The first kappa shape index (κ1) is 9.53. The SMILES string of the molecule is CCN1C=C([N+](=O)[O-])C=C(N)C1N. The van der Waals surface area contributed by atoms with E-state index in [1.54, 1.807) is 4.90 Å². The lowest BCUT2D eigenvalue weighted by Gasteiger charge is -2.28. The number of likely N-dealkylation sites (N-methyl/N-ethyl adjacent to an activating group) is 1. The molecule has 1 aliphatic rings. The predicted molar refractivity (Wildman–Crippen MR) is 47.7 cm³/mol. The highest BCUT2D eigenvalue weighted by Gasteiger charge is 2.22. The zero-order valence-corrected chi connectivity index (χ0v) is 7.30. The molecule has 6 nitrogen and oxygen atoms in total. The number of rotatable bonds is 2. The minimum Gasteiger partial charge on any atom is -0.399 e. The Bertz CT molecular complexity index is 284. The van der Waals surface area contributed by atoms with Gasteiger partial charge in [0, 0.05) is 12.6 Å². The van der Waals surface area contributed by atoms with Crippen LogP contribution in [0.3, 0.4) is 0 Å². The van der Waals surface area contributed by atoms with Crippen molar-refractivity contribution in [2.45, 2.75) is 13.1 Å². The quantitative estimate of drug-likeness (QED) is 0.448. The first-order chi connectivity index (χ1) is 6.06. The molecule has 1 unspecified atom stereocenters. The highest BCUT2D eigenvalue weighted by molar-refractivity contribution is 5.24. The molecule has 0 aliphatic carbocycles.